The second-order valence-corrected chi connectivity index (χ2v) is 6.02. The highest BCUT2D eigenvalue weighted by atomic mass is 16.5. The van der Waals surface area contributed by atoms with Gasteiger partial charge in [-0.15, -0.1) is 0 Å². The first-order chi connectivity index (χ1) is 10.0. The molecular formula is C17H20N2O2. The van der Waals surface area contributed by atoms with Gasteiger partial charge in [-0.3, -0.25) is 4.98 Å². The van der Waals surface area contributed by atoms with Crippen LogP contribution in [0, 0.1) is 0 Å². The van der Waals surface area contributed by atoms with Crippen LogP contribution in [-0.4, -0.2) is 10.6 Å². The third kappa shape index (κ3) is 3.16. The molecule has 2 heterocycles. The lowest BCUT2D eigenvalue weighted by Crippen LogP contribution is -2.37. The Bertz CT molecular complexity index is 626. The molecule has 1 atom stereocenters. The first-order valence-corrected chi connectivity index (χ1v) is 7.14. The molecule has 0 aliphatic carbocycles. The predicted molar refractivity (Wildman–Crippen MR) is 81.3 cm³/mol. The molecule has 0 saturated heterocycles. The SMILES string of the molecule is CC1(C)CC(N)c2ccc(OCc3cccnc3)cc2O1. The molecule has 4 heteroatoms. The minimum Gasteiger partial charge on any atom is -0.489 e. The maximum Gasteiger partial charge on any atom is 0.128 e. The highest BCUT2D eigenvalue weighted by molar-refractivity contribution is 5.44. The van der Waals surface area contributed by atoms with E-state index in [4.69, 9.17) is 15.2 Å². The molecule has 0 amide bonds. The molecule has 0 spiro atoms. The summed E-state index contributed by atoms with van der Waals surface area (Å²) >= 11 is 0. The first-order valence-electron chi connectivity index (χ1n) is 7.14. The molecule has 0 fully saturated rings. The predicted octanol–water partition coefficient (Wildman–Crippen LogP) is 3.22. The quantitative estimate of drug-likeness (QED) is 0.940. The molecule has 1 aromatic carbocycles. The molecule has 2 aromatic rings. The summed E-state index contributed by atoms with van der Waals surface area (Å²) in [5.41, 5.74) is 8.05. The number of hydrogen-bond donors (Lipinski definition) is 1. The Morgan fingerprint density at radius 2 is 2.24 bits per heavy atom. The summed E-state index contributed by atoms with van der Waals surface area (Å²) in [5, 5.41) is 0. The van der Waals surface area contributed by atoms with E-state index in [0.29, 0.717) is 6.61 Å². The maximum atomic E-state index is 6.21. The van der Waals surface area contributed by atoms with Crippen molar-refractivity contribution in [1.82, 2.24) is 4.98 Å². The number of benzene rings is 1. The van der Waals surface area contributed by atoms with Gasteiger partial charge in [-0.2, -0.15) is 0 Å². The van der Waals surface area contributed by atoms with Crippen LogP contribution in [0.4, 0.5) is 0 Å². The van der Waals surface area contributed by atoms with E-state index in [1.807, 2.05) is 30.3 Å². The summed E-state index contributed by atoms with van der Waals surface area (Å²) < 4.78 is 11.8. The minimum absolute atomic E-state index is 0.0103. The number of hydrogen-bond acceptors (Lipinski definition) is 4. The molecule has 1 aliphatic heterocycles. The van der Waals surface area contributed by atoms with Gasteiger partial charge in [0.15, 0.2) is 0 Å². The molecule has 0 saturated carbocycles. The van der Waals surface area contributed by atoms with Gasteiger partial charge in [0.05, 0.1) is 0 Å². The van der Waals surface area contributed by atoms with Crippen molar-refractivity contribution in [3.63, 3.8) is 0 Å². The summed E-state index contributed by atoms with van der Waals surface area (Å²) in [6.07, 6.45) is 4.36. The van der Waals surface area contributed by atoms with Crippen molar-refractivity contribution in [3.8, 4) is 11.5 Å². The van der Waals surface area contributed by atoms with Crippen LogP contribution >= 0.6 is 0 Å². The van der Waals surface area contributed by atoms with Gasteiger partial charge in [0.25, 0.3) is 0 Å². The van der Waals surface area contributed by atoms with Gasteiger partial charge in [-0.25, -0.2) is 0 Å². The van der Waals surface area contributed by atoms with Crippen molar-refractivity contribution in [3.05, 3.63) is 53.9 Å². The number of nitrogens with two attached hydrogens (primary N) is 1. The lowest BCUT2D eigenvalue weighted by molar-refractivity contribution is 0.0724. The average molecular weight is 284 g/mol. The van der Waals surface area contributed by atoms with Crippen molar-refractivity contribution in [2.45, 2.75) is 38.5 Å². The largest absolute Gasteiger partial charge is 0.489 e. The van der Waals surface area contributed by atoms with Crippen LogP contribution < -0.4 is 15.2 Å². The molecule has 0 radical (unpaired) electrons. The molecule has 2 N–H and O–H groups in total. The van der Waals surface area contributed by atoms with Crippen LogP contribution in [0.2, 0.25) is 0 Å². The van der Waals surface area contributed by atoms with Gasteiger partial charge >= 0.3 is 0 Å². The zero-order valence-electron chi connectivity index (χ0n) is 12.4. The first kappa shape index (κ1) is 13.9. The summed E-state index contributed by atoms with van der Waals surface area (Å²) in [6.45, 7) is 4.60. The van der Waals surface area contributed by atoms with Gasteiger partial charge in [-0.1, -0.05) is 12.1 Å². The van der Waals surface area contributed by atoms with Crippen molar-refractivity contribution >= 4 is 0 Å². The van der Waals surface area contributed by atoms with Gasteiger partial charge in [0.1, 0.15) is 23.7 Å². The van der Waals surface area contributed by atoms with E-state index in [-0.39, 0.29) is 11.6 Å². The minimum atomic E-state index is -0.242. The van der Waals surface area contributed by atoms with E-state index in [1.54, 1.807) is 12.4 Å². The molecule has 0 bridgehead atoms. The fourth-order valence-corrected chi connectivity index (χ4v) is 2.63. The van der Waals surface area contributed by atoms with Crippen LogP contribution in [0.3, 0.4) is 0 Å². The van der Waals surface area contributed by atoms with Crippen LogP contribution in [0.15, 0.2) is 42.7 Å². The summed E-state index contributed by atoms with van der Waals surface area (Å²) in [4.78, 5) is 4.07. The molecule has 21 heavy (non-hydrogen) atoms. The van der Waals surface area contributed by atoms with Crippen LogP contribution in [0.5, 0.6) is 11.5 Å². The van der Waals surface area contributed by atoms with E-state index < -0.39 is 0 Å². The Balaban J connectivity index is 1.77. The molecule has 1 unspecified atom stereocenters. The molecular weight excluding hydrogens is 264 g/mol. The van der Waals surface area contributed by atoms with Gasteiger partial charge < -0.3 is 15.2 Å². The zero-order valence-corrected chi connectivity index (χ0v) is 12.4. The highest BCUT2D eigenvalue weighted by Crippen LogP contribution is 2.40. The molecule has 110 valence electrons. The van der Waals surface area contributed by atoms with Gasteiger partial charge in [0, 0.05) is 42.0 Å². The van der Waals surface area contributed by atoms with Gasteiger partial charge in [0.2, 0.25) is 0 Å². The lowest BCUT2D eigenvalue weighted by atomic mass is 9.90. The summed E-state index contributed by atoms with van der Waals surface area (Å²) in [6, 6.07) is 9.75. The van der Waals surface area contributed by atoms with Crippen molar-refractivity contribution < 1.29 is 9.47 Å². The van der Waals surface area contributed by atoms with Crippen LogP contribution in [0.1, 0.15) is 37.4 Å². The second kappa shape index (κ2) is 5.37. The fourth-order valence-electron chi connectivity index (χ4n) is 2.63. The Morgan fingerprint density at radius 3 is 3.00 bits per heavy atom. The van der Waals surface area contributed by atoms with Crippen LogP contribution in [-0.2, 0) is 6.61 Å². The third-order valence-corrected chi connectivity index (χ3v) is 3.61. The molecule has 4 nitrogen and oxygen atoms in total. The summed E-state index contributed by atoms with van der Waals surface area (Å²) in [7, 11) is 0. The van der Waals surface area contributed by atoms with E-state index in [2.05, 4.69) is 18.8 Å². The number of rotatable bonds is 3. The Kier molecular flexibility index (Phi) is 3.55. The number of pyridine rings is 1. The van der Waals surface area contributed by atoms with Crippen molar-refractivity contribution in [2.75, 3.05) is 0 Å². The van der Waals surface area contributed by atoms with Crippen molar-refractivity contribution in [2.24, 2.45) is 5.73 Å². The smallest absolute Gasteiger partial charge is 0.128 e. The van der Waals surface area contributed by atoms with Crippen LogP contribution in [0.25, 0.3) is 0 Å². The molecule has 1 aliphatic rings. The maximum absolute atomic E-state index is 6.21. The Hall–Kier alpha value is -2.07. The molecule has 3 rings (SSSR count). The highest BCUT2D eigenvalue weighted by Gasteiger charge is 2.31. The van der Waals surface area contributed by atoms with Crippen molar-refractivity contribution in [1.29, 1.82) is 0 Å². The molecule has 1 aromatic heterocycles. The third-order valence-electron chi connectivity index (χ3n) is 3.61. The number of fused-ring (bicyclic) bond motifs is 1. The van der Waals surface area contributed by atoms with E-state index in [1.165, 1.54) is 0 Å². The number of aromatic nitrogens is 1. The standard InChI is InChI=1S/C17H20N2O2/c1-17(2)9-15(18)14-6-5-13(8-16(14)21-17)20-11-12-4-3-7-19-10-12/h3-8,10,15H,9,11,18H2,1-2H3. The fraction of sp³-hybridized carbons (Fsp3) is 0.353. The average Bonchev–Trinajstić information content (AvgIpc) is 2.44. The second-order valence-electron chi connectivity index (χ2n) is 6.02. The van der Waals surface area contributed by atoms with Gasteiger partial charge in [-0.05, 0) is 26.0 Å². The number of ether oxygens (including phenoxy) is 2. The Labute approximate surface area is 124 Å². The summed E-state index contributed by atoms with van der Waals surface area (Å²) in [5.74, 6) is 1.60. The normalized spacial score (nSPS) is 19.5. The Morgan fingerprint density at radius 1 is 1.38 bits per heavy atom. The van der Waals surface area contributed by atoms with E-state index in [9.17, 15) is 0 Å². The number of nitrogens with zero attached hydrogens (tertiary/aromatic N) is 1. The lowest BCUT2D eigenvalue weighted by Gasteiger charge is -2.36. The topological polar surface area (TPSA) is 57.4 Å². The monoisotopic (exact) mass is 284 g/mol. The zero-order chi connectivity index (χ0) is 14.9. The van der Waals surface area contributed by atoms with E-state index >= 15 is 0 Å². The van der Waals surface area contributed by atoms with E-state index in [0.717, 1.165) is 29.0 Å².